The zero-order valence-electron chi connectivity index (χ0n) is 22.0. The summed E-state index contributed by atoms with van der Waals surface area (Å²) in [6.07, 6.45) is 2.56. The van der Waals surface area contributed by atoms with Crippen molar-refractivity contribution in [3.8, 4) is 6.07 Å². The van der Waals surface area contributed by atoms with Gasteiger partial charge in [0.15, 0.2) is 11.6 Å². The average Bonchev–Trinajstić information content (AvgIpc) is 2.87. The molecule has 2 aromatic carbocycles. The topological polar surface area (TPSA) is 121 Å². The number of ketones is 2. The zero-order valence-corrected chi connectivity index (χ0v) is 22.9. The Kier molecular flexibility index (Phi) is 6.01. The van der Waals surface area contributed by atoms with E-state index in [-0.39, 0.29) is 16.5 Å². The van der Waals surface area contributed by atoms with Crippen molar-refractivity contribution >= 4 is 27.3 Å². The molecule has 0 radical (unpaired) electrons. The summed E-state index contributed by atoms with van der Waals surface area (Å²) in [7, 11) is -3.87. The molecule has 0 spiro atoms. The summed E-state index contributed by atoms with van der Waals surface area (Å²) < 4.78 is 23.8. The minimum Gasteiger partial charge on any atom is -0.317 e. The lowest BCUT2D eigenvalue weighted by Gasteiger charge is -2.48. The molecule has 2 N–H and O–H groups in total. The molecule has 0 amide bonds. The molecule has 8 heteroatoms. The fourth-order valence-corrected chi connectivity index (χ4v) is 6.41. The van der Waals surface area contributed by atoms with Crippen LogP contribution in [-0.4, -0.2) is 20.0 Å². The summed E-state index contributed by atoms with van der Waals surface area (Å²) in [6.45, 7) is 7.76. The van der Waals surface area contributed by atoms with Gasteiger partial charge in [0.2, 0.25) is 10.0 Å². The van der Waals surface area contributed by atoms with E-state index < -0.39 is 26.8 Å². The Balaban J connectivity index is 1.80. The van der Waals surface area contributed by atoms with E-state index in [0.29, 0.717) is 48.1 Å². The maximum absolute atomic E-state index is 14.1. The van der Waals surface area contributed by atoms with Gasteiger partial charge in [-0.2, -0.15) is 5.26 Å². The molecule has 196 valence electrons. The molecule has 0 fully saturated rings. The van der Waals surface area contributed by atoms with Crippen molar-refractivity contribution in [3.63, 3.8) is 0 Å². The monoisotopic (exact) mass is 529 g/mol. The van der Waals surface area contributed by atoms with Crippen molar-refractivity contribution in [2.75, 3.05) is 4.90 Å². The number of benzene rings is 2. The zero-order chi connectivity index (χ0) is 27.6. The van der Waals surface area contributed by atoms with E-state index in [1.165, 1.54) is 12.1 Å². The Morgan fingerprint density at radius 1 is 0.842 bits per heavy atom. The smallest absolute Gasteiger partial charge is 0.238 e. The van der Waals surface area contributed by atoms with E-state index in [0.717, 1.165) is 17.0 Å². The molecule has 1 heterocycles. The van der Waals surface area contributed by atoms with Gasteiger partial charge in [0.1, 0.15) is 0 Å². The first-order valence-electron chi connectivity index (χ1n) is 12.7. The van der Waals surface area contributed by atoms with Gasteiger partial charge < -0.3 is 4.90 Å². The maximum atomic E-state index is 14.1. The summed E-state index contributed by atoms with van der Waals surface area (Å²) in [4.78, 5) is 30.3. The molecular formula is C30H31N3O4S. The van der Waals surface area contributed by atoms with Crippen LogP contribution in [0.3, 0.4) is 0 Å². The first-order valence-corrected chi connectivity index (χ1v) is 14.3. The molecule has 7 nitrogen and oxygen atoms in total. The number of nitriles is 1. The molecule has 3 aliphatic rings. The van der Waals surface area contributed by atoms with Crippen LogP contribution in [0.2, 0.25) is 0 Å². The highest BCUT2D eigenvalue weighted by atomic mass is 32.2. The van der Waals surface area contributed by atoms with E-state index in [2.05, 4.69) is 6.07 Å². The Labute approximate surface area is 223 Å². The van der Waals surface area contributed by atoms with Crippen LogP contribution < -0.4 is 10.0 Å². The molecule has 5 rings (SSSR count). The second-order valence-corrected chi connectivity index (χ2v) is 13.2. The van der Waals surface area contributed by atoms with Gasteiger partial charge in [0, 0.05) is 45.0 Å². The van der Waals surface area contributed by atoms with Crippen LogP contribution in [0.15, 0.2) is 76.0 Å². The SMILES string of the molecule is CC1(C)CCC2=C(C1=O)C(c1ccc(C#N)cc1)C1=C(CCC(C)(C)C1=O)N2c1ccc(S(N)(=O)=O)cc1. The van der Waals surface area contributed by atoms with Crippen molar-refractivity contribution in [1.82, 2.24) is 0 Å². The van der Waals surface area contributed by atoms with Crippen LogP contribution in [0.25, 0.3) is 0 Å². The van der Waals surface area contributed by atoms with Crippen LogP contribution in [0.5, 0.6) is 0 Å². The number of sulfonamides is 1. The Morgan fingerprint density at radius 3 is 1.74 bits per heavy atom. The largest absolute Gasteiger partial charge is 0.317 e. The molecule has 0 saturated heterocycles. The second kappa shape index (κ2) is 8.75. The first kappa shape index (κ1) is 26.1. The Bertz CT molecular complexity index is 1520. The molecule has 0 saturated carbocycles. The number of nitrogens with zero attached hydrogens (tertiary/aromatic N) is 2. The molecule has 38 heavy (non-hydrogen) atoms. The van der Waals surface area contributed by atoms with Gasteiger partial charge in [0.05, 0.1) is 16.5 Å². The minimum absolute atomic E-state index is 0.00108. The third-order valence-corrected chi connectivity index (χ3v) is 9.16. The third kappa shape index (κ3) is 4.11. The van der Waals surface area contributed by atoms with Crippen LogP contribution in [-0.2, 0) is 19.6 Å². The molecule has 0 atom stereocenters. The lowest BCUT2D eigenvalue weighted by molar-refractivity contribution is -0.125. The molecule has 0 unspecified atom stereocenters. The summed E-state index contributed by atoms with van der Waals surface area (Å²) in [5.41, 5.74) is 3.71. The van der Waals surface area contributed by atoms with E-state index in [9.17, 15) is 23.3 Å². The standard InChI is InChI=1S/C30H31N3O4S/c1-29(2)15-13-22-25(27(29)34)24(19-7-5-18(17-31)6-8-19)26-23(14-16-30(3,4)28(26)35)33(22)20-9-11-21(12-10-20)38(32,36)37/h5-12,24H,13-16H2,1-4H3,(H2,32,36,37). The van der Waals surface area contributed by atoms with Gasteiger partial charge in [-0.1, -0.05) is 39.8 Å². The van der Waals surface area contributed by atoms with Crippen molar-refractivity contribution in [1.29, 1.82) is 5.26 Å². The van der Waals surface area contributed by atoms with Crippen molar-refractivity contribution in [2.45, 2.75) is 64.2 Å². The number of rotatable bonds is 3. The molecule has 2 aliphatic carbocycles. The van der Waals surface area contributed by atoms with Gasteiger partial charge in [-0.05, 0) is 67.6 Å². The van der Waals surface area contributed by atoms with Gasteiger partial charge in [-0.3, -0.25) is 9.59 Å². The third-order valence-electron chi connectivity index (χ3n) is 8.23. The number of hydrogen-bond donors (Lipinski definition) is 1. The van der Waals surface area contributed by atoms with E-state index in [4.69, 9.17) is 5.14 Å². The number of carbonyl (C=O) groups is 2. The summed E-state index contributed by atoms with van der Waals surface area (Å²) in [5.74, 6) is -0.532. The van der Waals surface area contributed by atoms with E-state index in [1.54, 1.807) is 24.3 Å². The van der Waals surface area contributed by atoms with Gasteiger partial charge >= 0.3 is 0 Å². The highest BCUT2D eigenvalue weighted by Crippen LogP contribution is 2.55. The summed E-state index contributed by atoms with van der Waals surface area (Å²) in [6, 6.07) is 15.6. The predicted molar refractivity (Wildman–Crippen MR) is 144 cm³/mol. The predicted octanol–water partition coefficient (Wildman–Crippen LogP) is 5.10. The maximum Gasteiger partial charge on any atom is 0.238 e. The highest BCUT2D eigenvalue weighted by Gasteiger charge is 2.51. The normalized spacial score (nSPS) is 21.2. The van der Waals surface area contributed by atoms with Crippen molar-refractivity contribution in [2.24, 2.45) is 16.0 Å². The molecular weight excluding hydrogens is 498 g/mol. The van der Waals surface area contributed by atoms with Crippen LogP contribution in [0, 0.1) is 22.2 Å². The fourth-order valence-electron chi connectivity index (χ4n) is 5.90. The van der Waals surface area contributed by atoms with Crippen LogP contribution >= 0.6 is 0 Å². The van der Waals surface area contributed by atoms with Crippen molar-refractivity contribution in [3.05, 3.63) is 82.2 Å². The molecule has 0 aromatic heterocycles. The lowest BCUT2D eigenvalue weighted by Crippen LogP contribution is -2.46. The van der Waals surface area contributed by atoms with E-state index >= 15 is 0 Å². The van der Waals surface area contributed by atoms with Gasteiger partial charge in [0.25, 0.3) is 0 Å². The van der Waals surface area contributed by atoms with Crippen LogP contribution in [0.4, 0.5) is 5.69 Å². The molecule has 0 bridgehead atoms. The number of Topliss-reactive ketones (excluding diaryl/α,β-unsaturated/α-hetero) is 2. The molecule has 1 aliphatic heterocycles. The Hall–Kier alpha value is -3.54. The number of allylic oxidation sites excluding steroid dienone is 4. The van der Waals surface area contributed by atoms with E-state index in [1.807, 2.05) is 44.7 Å². The van der Waals surface area contributed by atoms with Crippen molar-refractivity contribution < 1.29 is 18.0 Å². The quantitative estimate of drug-likeness (QED) is 0.591. The van der Waals surface area contributed by atoms with Gasteiger partial charge in [-0.15, -0.1) is 0 Å². The molecule has 2 aromatic rings. The lowest BCUT2D eigenvalue weighted by atomic mass is 9.62. The first-order chi connectivity index (χ1) is 17.8. The second-order valence-electron chi connectivity index (χ2n) is 11.7. The Morgan fingerprint density at radius 2 is 1.32 bits per heavy atom. The fraction of sp³-hybridized carbons (Fsp3) is 0.367. The minimum atomic E-state index is -3.87. The summed E-state index contributed by atoms with van der Waals surface area (Å²) >= 11 is 0. The summed E-state index contributed by atoms with van der Waals surface area (Å²) in [5, 5.41) is 14.7. The number of anilines is 1. The van der Waals surface area contributed by atoms with Crippen LogP contribution in [0.1, 0.15) is 70.4 Å². The number of hydrogen-bond acceptors (Lipinski definition) is 6. The average molecular weight is 530 g/mol. The number of carbonyl (C=O) groups excluding carboxylic acids is 2. The number of primary sulfonamides is 1. The highest BCUT2D eigenvalue weighted by molar-refractivity contribution is 7.89. The number of nitrogens with two attached hydrogens (primary N) is 1. The van der Waals surface area contributed by atoms with Gasteiger partial charge in [-0.25, -0.2) is 13.6 Å².